The van der Waals surface area contributed by atoms with Crippen LogP contribution in [-0.2, 0) is 4.79 Å². The summed E-state index contributed by atoms with van der Waals surface area (Å²) in [6, 6.07) is 5.03. The van der Waals surface area contributed by atoms with Crippen molar-refractivity contribution in [2.24, 2.45) is 5.73 Å². The largest absolute Gasteiger partial charge is 0.484 e. The van der Waals surface area contributed by atoms with Gasteiger partial charge in [0.2, 0.25) is 5.91 Å². The number of primary amides is 1. The predicted octanol–water partition coefficient (Wildman–Crippen LogP) is 0.897. The van der Waals surface area contributed by atoms with E-state index in [9.17, 15) is 28.2 Å². The minimum Gasteiger partial charge on any atom is -0.484 e. The molecule has 0 radical (unpaired) electrons. The summed E-state index contributed by atoms with van der Waals surface area (Å²) in [5, 5.41) is 19.2. The Morgan fingerprint density at radius 1 is 1.25 bits per heavy atom. The Morgan fingerprint density at radius 3 is 2.25 bits per heavy atom. The number of carbonyl (C=O) groups is 1. The molecule has 112 valence electrons. The lowest BCUT2D eigenvalue weighted by Crippen LogP contribution is -2.25. The molecule has 1 aromatic carbocycles. The van der Waals surface area contributed by atoms with Gasteiger partial charge in [0.25, 0.3) is 0 Å². The highest BCUT2D eigenvalue weighted by molar-refractivity contribution is 5.74. The third-order valence-corrected chi connectivity index (χ3v) is 2.40. The van der Waals surface area contributed by atoms with Crippen LogP contribution in [0, 0.1) is 0 Å². The highest BCUT2D eigenvalue weighted by Gasteiger charge is 2.28. The van der Waals surface area contributed by atoms with Crippen LogP contribution in [0.2, 0.25) is 0 Å². The Kier molecular flexibility index (Phi) is 5.34. The van der Waals surface area contributed by atoms with Gasteiger partial charge in [-0.05, 0) is 17.7 Å². The Labute approximate surface area is 112 Å². The fourth-order valence-electron chi connectivity index (χ4n) is 1.47. The number of carbonyl (C=O) groups excluding carboxylic acids is 1. The van der Waals surface area contributed by atoms with E-state index in [2.05, 4.69) is 4.74 Å². The van der Waals surface area contributed by atoms with Crippen LogP contribution in [0.25, 0.3) is 0 Å². The van der Waals surface area contributed by atoms with Gasteiger partial charge in [0.1, 0.15) is 11.9 Å². The van der Waals surface area contributed by atoms with E-state index in [0.717, 1.165) is 0 Å². The zero-order chi connectivity index (χ0) is 15.3. The normalized spacial score (nSPS) is 14.7. The van der Waals surface area contributed by atoms with Crippen LogP contribution in [0.15, 0.2) is 24.3 Å². The maximum absolute atomic E-state index is 11.9. The van der Waals surface area contributed by atoms with Crippen LogP contribution in [-0.4, -0.2) is 35.0 Å². The number of benzene rings is 1. The lowest BCUT2D eigenvalue weighted by molar-refractivity contribution is -0.153. The van der Waals surface area contributed by atoms with Crippen LogP contribution >= 0.6 is 0 Å². The van der Waals surface area contributed by atoms with Gasteiger partial charge in [-0.25, -0.2) is 0 Å². The molecule has 0 aliphatic heterocycles. The Morgan fingerprint density at radius 2 is 1.80 bits per heavy atom. The van der Waals surface area contributed by atoms with Gasteiger partial charge in [-0.2, -0.15) is 13.2 Å². The van der Waals surface area contributed by atoms with Crippen LogP contribution < -0.4 is 10.5 Å². The third-order valence-electron chi connectivity index (χ3n) is 2.40. The quantitative estimate of drug-likeness (QED) is 0.726. The first kappa shape index (κ1) is 16.3. The van der Waals surface area contributed by atoms with E-state index in [1.165, 1.54) is 24.3 Å². The first-order chi connectivity index (χ1) is 9.19. The van der Waals surface area contributed by atoms with E-state index in [-0.39, 0.29) is 11.3 Å². The maximum Gasteiger partial charge on any atom is 0.422 e. The summed E-state index contributed by atoms with van der Waals surface area (Å²) in [5.41, 5.74) is 5.11. The molecule has 2 unspecified atom stereocenters. The highest BCUT2D eigenvalue weighted by atomic mass is 19.4. The molecule has 8 heteroatoms. The average molecular weight is 293 g/mol. The number of hydrogen-bond donors (Lipinski definition) is 3. The molecule has 1 aromatic rings. The highest BCUT2D eigenvalue weighted by Crippen LogP contribution is 2.23. The molecule has 0 saturated carbocycles. The van der Waals surface area contributed by atoms with Crippen molar-refractivity contribution in [3.63, 3.8) is 0 Å². The summed E-state index contributed by atoms with van der Waals surface area (Å²) in [4.78, 5) is 10.6. The summed E-state index contributed by atoms with van der Waals surface area (Å²) >= 11 is 0. The summed E-state index contributed by atoms with van der Waals surface area (Å²) in [6.45, 7) is -1.42. The van der Waals surface area contributed by atoms with Crippen molar-refractivity contribution in [3.05, 3.63) is 29.8 Å². The number of hydrogen-bond acceptors (Lipinski definition) is 4. The van der Waals surface area contributed by atoms with Gasteiger partial charge in [0.05, 0.1) is 12.5 Å². The zero-order valence-electron chi connectivity index (χ0n) is 10.3. The topological polar surface area (TPSA) is 92.8 Å². The second-order valence-electron chi connectivity index (χ2n) is 4.16. The van der Waals surface area contributed by atoms with Crippen molar-refractivity contribution in [2.75, 3.05) is 6.61 Å². The first-order valence-corrected chi connectivity index (χ1v) is 5.63. The summed E-state index contributed by atoms with van der Waals surface area (Å²) in [6.07, 6.45) is -7.60. The molecule has 1 amide bonds. The Balaban J connectivity index is 2.63. The van der Waals surface area contributed by atoms with Crippen molar-refractivity contribution in [2.45, 2.75) is 24.8 Å². The van der Waals surface area contributed by atoms with E-state index in [0.29, 0.717) is 0 Å². The molecule has 1 rings (SSSR count). The monoisotopic (exact) mass is 293 g/mol. The molecule has 0 saturated heterocycles. The molecule has 0 fully saturated rings. The molecular weight excluding hydrogens is 279 g/mol. The van der Waals surface area contributed by atoms with Crippen LogP contribution in [0.1, 0.15) is 18.1 Å². The van der Waals surface area contributed by atoms with Crippen LogP contribution in [0.3, 0.4) is 0 Å². The van der Waals surface area contributed by atoms with Gasteiger partial charge in [-0.1, -0.05) is 12.1 Å². The number of nitrogens with two attached hydrogens (primary N) is 1. The molecule has 0 aromatic heterocycles. The molecule has 0 aliphatic rings. The Bertz CT molecular complexity index is 447. The molecule has 5 nitrogen and oxygen atoms in total. The second-order valence-corrected chi connectivity index (χ2v) is 4.16. The van der Waals surface area contributed by atoms with Crippen molar-refractivity contribution in [1.82, 2.24) is 0 Å². The number of amides is 1. The van der Waals surface area contributed by atoms with Gasteiger partial charge in [0, 0.05) is 0 Å². The molecule has 0 aliphatic carbocycles. The molecule has 4 N–H and O–H groups in total. The zero-order valence-corrected chi connectivity index (χ0v) is 10.3. The number of rotatable bonds is 6. The first-order valence-electron chi connectivity index (χ1n) is 5.63. The molecule has 0 bridgehead atoms. The lowest BCUT2D eigenvalue weighted by atomic mass is 10.0. The molecule has 0 spiro atoms. The number of ether oxygens (including phenoxy) is 1. The molecule has 2 atom stereocenters. The third kappa shape index (κ3) is 5.45. The van der Waals surface area contributed by atoms with E-state index < -0.39 is 37.3 Å². The summed E-state index contributed by atoms with van der Waals surface area (Å²) < 4.78 is 40.3. The van der Waals surface area contributed by atoms with Gasteiger partial charge in [-0.15, -0.1) is 0 Å². The van der Waals surface area contributed by atoms with E-state index >= 15 is 0 Å². The van der Waals surface area contributed by atoms with Crippen molar-refractivity contribution in [1.29, 1.82) is 0 Å². The molecule has 20 heavy (non-hydrogen) atoms. The number of alkyl halides is 3. The van der Waals surface area contributed by atoms with Crippen LogP contribution in [0.5, 0.6) is 5.75 Å². The lowest BCUT2D eigenvalue weighted by Gasteiger charge is -2.17. The van der Waals surface area contributed by atoms with E-state index in [1.54, 1.807) is 0 Å². The van der Waals surface area contributed by atoms with Gasteiger partial charge in [-0.3, -0.25) is 4.79 Å². The Hall–Kier alpha value is -1.80. The van der Waals surface area contributed by atoms with Gasteiger partial charge in [0.15, 0.2) is 6.61 Å². The van der Waals surface area contributed by atoms with Crippen molar-refractivity contribution >= 4 is 5.91 Å². The molecule has 0 heterocycles. The SMILES string of the molecule is NC(=O)CC(O)C(O)c1ccc(OCC(F)(F)F)cc1. The maximum atomic E-state index is 11.9. The van der Waals surface area contributed by atoms with Gasteiger partial charge < -0.3 is 20.7 Å². The number of halogens is 3. The van der Waals surface area contributed by atoms with Gasteiger partial charge >= 0.3 is 6.18 Å². The fraction of sp³-hybridized carbons (Fsp3) is 0.417. The second kappa shape index (κ2) is 6.58. The minimum atomic E-state index is -4.43. The summed E-state index contributed by atoms with van der Waals surface area (Å²) in [7, 11) is 0. The fourth-order valence-corrected chi connectivity index (χ4v) is 1.47. The smallest absolute Gasteiger partial charge is 0.422 e. The average Bonchev–Trinajstić information content (AvgIpc) is 2.34. The minimum absolute atomic E-state index is 0.0253. The number of aliphatic hydroxyl groups excluding tert-OH is 2. The van der Waals surface area contributed by atoms with E-state index in [1.807, 2.05) is 0 Å². The summed E-state index contributed by atoms with van der Waals surface area (Å²) in [5.74, 6) is -0.802. The van der Waals surface area contributed by atoms with Crippen molar-refractivity contribution < 1.29 is 32.9 Å². The van der Waals surface area contributed by atoms with Crippen LogP contribution in [0.4, 0.5) is 13.2 Å². The standard InChI is InChI=1S/C12H14F3NO4/c13-12(14,15)6-20-8-3-1-7(2-4-8)11(19)9(17)5-10(16)18/h1-4,9,11,17,19H,5-6H2,(H2,16,18). The predicted molar refractivity (Wildman–Crippen MR) is 62.8 cm³/mol. The molecular formula is C12H14F3NO4. The number of aliphatic hydroxyl groups is 2. The van der Waals surface area contributed by atoms with E-state index in [4.69, 9.17) is 5.73 Å². The van der Waals surface area contributed by atoms with Crippen molar-refractivity contribution in [3.8, 4) is 5.75 Å².